The van der Waals surface area contributed by atoms with Crippen LogP contribution in [0.3, 0.4) is 0 Å². The summed E-state index contributed by atoms with van der Waals surface area (Å²) < 4.78 is 17.1. The Morgan fingerprint density at radius 3 is 2.85 bits per heavy atom. The number of allylic oxidation sites excluding steroid dienone is 1. The van der Waals surface area contributed by atoms with Gasteiger partial charge in [0.15, 0.2) is 11.5 Å². The average molecular weight is 424 g/mol. The van der Waals surface area contributed by atoms with Gasteiger partial charge >= 0.3 is 5.97 Å². The molecule has 0 saturated carbocycles. The zero-order chi connectivity index (χ0) is 18.4. The van der Waals surface area contributed by atoms with E-state index < -0.39 is 0 Å². The largest absolute Gasteiger partial charge is 0.458 e. The van der Waals surface area contributed by atoms with Gasteiger partial charge in [0.1, 0.15) is 6.10 Å². The minimum absolute atomic E-state index is 0.000715. The Balaban J connectivity index is 1.28. The molecular weight excluding hydrogens is 398 g/mol. The number of nitrogens with one attached hydrogen (secondary N) is 1. The van der Waals surface area contributed by atoms with Crippen molar-refractivity contribution in [1.82, 2.24) is 5.32 Å². The van der Waals surface area contributed by atoms with Crippen LogP contribution in [-0.2, 0) is 16.0 Å². The van der Waals surface area contributed by atoms with E-state index in [1.807, 2.05) is 6.07 Å². The van der Waals surface area contributed by atoms with Crippen molar-refractivity contribution in [2.75, 3.05) is 19.9 Å². The maximum absolute atomic E-state index is 11.0. The van der Waals surface area contributed by atoms with Crippen LogP contribution in [0, 0.1) is 0 Å². The van der Waals surface area contributed by atoms with Crippen LogP contribution < -0.4 is 14.8 Å². The van der Waals surface area contributed by atoms with Crippen LogP contribution in [0.5, 0.6) is 11.5 Å². The highest BCUT2D eigenvalue weighted by atomic mass is 79.9. The second-order valence-electron chi connectivity index (χ2n) is 6.77. The zero-order valence-corrected chi connectivity index (χ0v) is 16.8. The summed E-state index contributed by atoms with van der Waals surface area (Å²) >= 11 is 3.60. The summed E-state index contributed by atoms with van der Waals surface area (Å²) in [5, 5.41) is 3.51. The number of ether oxygens (including phenoxy) is 3. The molecule has 1 aliphatic heterocycles. The molecule has 0 spiro atoms. The molecule has 0 aromatic heterocycles. The maximum Gasteiger partial charge on any atom is 0.303 e. The van der Waals surface area contributed by atoms with Gasteiger partial charge < -0.3 is 19.5 Å². The van der Waals surface area contributed by atoms with Crippen LogP contribution in [-0.4, -0.2) is 32.0 Å². The van der Waals surface area contributed by atoms with Crippen LogP contribution >= 0.6 is 15.9 Å². The number of carbonyl (C=O) groups is 1. The first-order valence-electron chi connectivity index (χ1n) is 9.27. The molecule has 142 valence electrons. The highest BCUT2D eigenvalue weighted by molar-refractivity contribution is 9.10. The van der Waals surface area contributed by atoms with Crippen LogP contribution in [0.15, 0.2) is 28.3 Å². The second-order valence-corrected chi connectivity index (χ2v) is 7.62. The van der Waals surface area contributed by atoms with E-state index in [0.717, 1.165) is 61.2 Å². The fourth-order valence-electron chi connectivity index (χ4n) is 3.37. The lowest BCUT2D eigenvalue weighted by molar-refractivity contribution is -0.144. The fraction of sp³-hybridized carbons (Fsp3) is 0.550. The second kappa shape index (κ2) is 9.42. The molecule has 0 radical (unpaired) electrons. The first kappa shape index (κ1) is 19.2. The molecule has 0 fully saturated rings. The number of hydrogen-bond acceptors (Lipinski definition) is 5. The maximum atomic E-state index is 11.0. The number of unbranched alkanes of at least 4 members (excludes halogenated alkanes) is 1. The third-order valence-electron chi connectivity index (χ3n) is 4.70. The first-order valence-corrected chi connectivity index (χ1v) is 10.1. The molecule has 5 nitrogen and oxygen atoms in total. The lowest BCUT2D eigenvalue weighted by Crippen LogP contribution is -2.18. The summed E-state index contributed by atoms with van der Waals surface area (Å²) in [6, 6.07) is 4.04. The summed E-state index contributed by atoms with van der Waals surface area (Å²) in [5.41, 5.74) is 2.66. The summed E-state index contributed by atoms with van der Waals surface area (Å²) in [4.78, 5) is 11.0. The van der Waals surface area contributed by atoms with E-state index >= 15 is 0 Å². The molecule has 1 aromatic rings. The minimum Gasteiger partial charge on any atom is -0.458 e. The topological polar surface area (TPSA) is 56.8 Å². The van der Waals surface area contributed by atoms with Gasteiger partial charge in [-0.1, -0.05) is 21.5 Å². The Bertz CT molecular complexity index is 674. The fourth-order valence-corrected chi connectivity index (χ4v) is 3.89. The van der Waals surface area contributed by atoms with Crippen LogP contribution in [0.4, 0.5) is 0 Å². The minimum atomic E-state index is -0.189. The molecule has 1 atom stereocenters. The Morgan fingerprint density at radius 2 is 2.04 bits per heavy atom. The van der Waals surface area contributed by atoms with Crippen LogP contribution in [0.25, 0.3) is 0 Å². The number of benzene rings is 1. The molecule has 3 rings (SSSR count). The molecular formula is C20H26BrNO4. The highest BCUT2D eigenvalue weighted by Gasteiger charge is 2.18. The molecule has 2 aliphatic rings. The lowest BCUT2D eigenvalue weighted by Gasteiger charge is -2.08. The van der Waals surface area contributed by atoms with Gasteiger partial charge in [0.25, 0.3) is 0 Å². The van der Waals surface area contributed by atoms with Gasteiger partial charge in [0, 0.05) is 11.4 Å². The third-order valence-corrected chi connectivity index (χ3v) is 5.44. The van der Waals surface area contributed by atoms with Crippen molar-refractivity contribution >= 4 is 21.9 Å². The summed E-state index contributed by atoms with van der Waals surface area (Å²) in [6.07, 6.45) is 8.50. The quantitative estimate of drug-likeness (QED) is 0.367. The molecule has 6 heteroatoms. The number of carbonyl (C=O) groups excluding carboxylic acids is 1. The van der Waals surface area contributed by atoms with E-state index in [-0.39, 0.29) is 12.1 Å². The van der Waals surface area contributed by atoms with Gasteiger partial charge in [-0.2, -0.15) is 0 Å². The SMILES string of the molecule is CC(=O)OC1C=C(CCCCNCCc2cc3c(cc2Br)OCO3)CC1. The molecule has 1 aromatic carbocycles. The molecule has 1 N–H and O–H groups in total. The first-order chi connectivity index (χ1) is 12.6. The zero-order valence-electron chi connectivity index (χ0n) is 15.2. The third kappa shape index (κ3) is 5.48. The van der Waals surface area contributed by atoms with E-state index in [1.165, 1.54) is 24.5 Å². The average Bonchev–Trinajstić information content (AvgIpc) is 3.22. The molecule has 1 heterocycles. The van der Waals surface area contributed by atoms with Gasteiger partial charge in [0.2, 0.25) is 6.79 Å². The summed E-state index contributed by atoms with van der Waals surface area (Å²) in [7, 11) is 0. The summed E-state index contributed by atoms with van der Waals surface area (Å²) in [6.45, 7) is 3.74. The molecule has 0 saturated heterocycles. The van der Waals surface area contributed by atoms with E-state index in [1.54, 1.807) is 0 Å². The lowest BCUT2D eigenvalue weighted by atomic mass is 10.1. The molecule has 1 unspecified atom stereocenters. The Kier molecular flexibility index (Phi) is 6.97. The molecule has 0 bridgehead atoms. The van der Waals surface area contributed by atoms with Crippen LogP contribution in [0.2, 0.25) is 0 Å². The number of halogens is 1. The van der Waals surface area contributed by atoms with Gasteiger partial charge in [0.05, 0.1) is 0 Å². The monoisotopic (exact) mass is 423 g/mol. The number of esters is 1. The highest BCUT2D eigenvalue weighted by Crippen LogP contribution is 2.37. The van der Waals surface area contributed by atoms with E-state index in [4.69, 9.17) is 14.2 Å². The molecule has 0 amide bonds. The Hall–Kier alpha value is -1.53. The van der Waals surface area contributed by atoms with Gasteiger partial charge in [-0.05, 0) is 75.4 Å². The van der Waals surface area contributed by atoms with Crippen molar-refractivity contribution in [2.24, 2.45) is 0 Å². The van der Waals surface area contributed by atoms with Crippen molar-refractivity contribution in [3.8, 4) is 11.5 Å². The number of fused-ring (bicyclic) bond motifs is 1. The van der Waals surface area contributed by atoms with Crippen molar-refractivity contribution in [3.63, 3.8) is 0 Å². The standard InChI is InChI=1S/C20H26BrNO4/c1-14(23)26-17-6-5-15(10-17)4-2-3-8-22-9-7-16-11-19-20(12-18(16)21)25-13-24-19/h10-12,17,22H,2-9,13H2,1H3. The van der Waals surface area contributed by atoms with E-state index in [2.05, 4.69) is 33.4 Å². The van der Waals surface area contributed by atoms with Gasteiger partial charge in [-0.3, -0.25) is 4.79 Å². The number of hydrogen-bond donors (Lipinski definition) is 1. The predicted molar refractivity (Wildman–Crippen MR) is 104 cm³/mol. The summed E-state index contributed by atoms with van der Waals surface area (Å²) in [5.74, 6) is 1.46. The van der Waals surface area contributed by atoms with Crippen molar-refractivity contribution < 1.29 is 19.0 Å². The van der Waals surface area contributed by atoms with E-state index in [0.29, 0.717) is 6.79 Å². The predicted octanol–water partition coefficient (Wildman–Crippen LogP) is 4.13. The normalized spacial score (nSPS) is 18.1. The Morgan fingerprint density at radius 1 is 1.23 bits per heavy atom. The smallest absolute Gasteiger partial charge is 0.303 e. The number of rotatable bonds is 9. The van der Waals surface area contributed by atoms with Crippen molar-refractivity contribution in [3.05, 3.63) is 33.8 Å². The molecule has 1 aliphatic carbocycles. The van der Waals surface area contributed by atoms with Crippen LogP contribution in [0.1, 0.15) is 44.6 Å². The Labute approximate surface area is 163 Å². The van der Waals surface area contributed by atoms with Crippen molar-refractivity contribution in [2.45, 2.75) is 51.6 Å². The van der Waals surface area contributed by atoms with Crippen molar-refractivity contribution in [1.29, 1.82) is 0 Å². The van der Waals surface area contributed by atoms with Gasteiger partial charge in [-0.15, -0.1) is 0 Å². The van der Waals surface area contributed by atoms with E-state index in [9.17, 15) is 4.79 Å². The van der Waals surface area contributed by atoms with Gasteiger partial charge in [-0.25, -0.2) is 0 Å². The molecule has 26 heavy (non-hydrogen) atoms.